The summed E-state index contributed by atoms with van der Waals surface area (Å²) in [6.07, 6.45) is 0. The van der Waals surface area contributed by atoms with Crippen LogP contribution in [-0.2, 0) is 13.2 Å². The third-order valence-electron chi connectivity index (χ3n) is 4.74. The largest absolute Gasteiger partial charge is 0.490 e. The monoisotopic (exact) mass is 447 g/mol. The van der Waals surface area contributed by atoms with Gasteiger partial charge in [0.1, 0.15) is 12.4 Å². The molecule has 0 aliphatic carbocycles. The first-order valence-corrected chi connectivity index (χ1v) is 10.5. The Morgan fingerprint density at radius 2 is 1.67 bits per heavy atom. The molecule has 0 heterocycles. The van der Waals surface area contributed by atoms with Gasteiger partial charge in [-0.15, -0.1) is 0 Å². The van der Waals surface area contributed by atoms with Gasteiger partial charge in [0.2, 0.25) is 0 Å². The van der Waals surface area contributed by atoms with Crippen molar-refractivity contribution < 1.29 is 13.9 Å². The Bertz CT molecular complexity index is 962. The zero-order valence-corrected chi connectivity index (χ0v) is 18.4. The highest BCUT2D eigenvalue weighted by Crippen LogP contribution is 2.35. The summed E-state index contributed by atoms with van der Waals surface area (Å²) in [6, 6.07) is 18.4. The van der Waals surface area contributed by atoms with E-state index in [-0.39, 0.29) is 12.6 Å². The Hall–Kier alpha value is -2.27. The standard InChI is InChI=1S/C24H24Cl2FNO2/c1-3-29-23-12-18(14-28-16(2)17-8-5-4-6-9-17)21(26)13-24(23)30-15-19-20(25)10-7-11-22(19)27/h4-13,16,28H,3,14-15H2,1-2H3. The van der Waals surface area contributed by atoms with Crippen LogP contribution in [0.4, 0.5) is 4.39 Å². The average Bonchev–Trinajstić information content (AvgIpc) is 2.74. The third-order valence-corrected chi connectivity index (χ3v) is 5.45. The van der Waals surface area contributed by atoms with E-state index in [0.29, 0.717) is 40.3 Å². The van der Waals surface area contributed by atoms with Crippen LogP contribution in [-0.4, -0.2) is 6.61 Å². The third kappa shape index (κ3) is 5.66. The van der Waals surface area contributed by atoms with Gasteiger partial charge in [0.15, 0.2) is 11.5 Å². The fourth-order valence-electron chi connectivity index (χ4n) is 3.04. The topological polar surface area (TPSA) is 30.5 Å². The molecule has 0 aliphatic rings. The maximum absolute atomic E-state index is 14.0. The predicted molar refractivity (Wildman–Crippen MR) is 120 cm³/mol. The molecule has 0 bridgehead atoms. The normalized spacial score (nSPS) is 11.9. The van der Waals surface area contributed by atoms with Gasteiger partial charge in [-0.1, -0.05) is 59.6 Å². The number of benzene rings is 3. The van der Waals surface area contributed by atoms with Crippen LogP contribution >= 0.6 is 23.2 Å². The summed E-state index contributed by atoms with van der Waals surface area (Å²) in [5, 5.41) is 4.33. The van der Waals surface area contributed by atoms with E-state index in [0.717, 1.165) is 5.56 Å². The molecule has 1 unspecified atom stereocenters. The minimum absolute atomic E-state index is 0.0233. The summed E-state index contributed by atoms with van der Waals surface area (Å²) in [5.74, 6) is 0.585. The van der Waals surface area contributed by atoms with Crippen molar-refractivity contribution in [3.8, 4) is 11.5 Å². The first kappa shape index (κ1) is 22.4. The highest BCUT2D eigenvalue weighted by Gasteiger charge is 2.15. The van der Waals surface area contributed by atoms with Crippen molar-refractivity contribution in [1.29, 1.82) is 0 Å². The van der Waals surface area contributed by atoms with Crippen molar-refractivity contribution in [2.24, 2.45) is 0 Å². The molecule has 158 valence electrons. The molecule has 0 amide bonds. The molecule has 1 N–H and O–H groups in total. The van der Waals surface area contributed by atoms with Crippen LogP contribution in [0, 0.1) is 5.82 Å². The minimum Gasteiger partial charge on any atom is -0.490 e. The van der Waals surface area contributed by atoms with E-state index in [1.165, 1.54) is 11.6 Å². The van der Waals surface area contributed by atoms with Crippen molar-refractivity contribution in [2.45, 2.75) is 33.0 Å². The van der Waals surface area contributed by atoms with E-state index < -0.39 is 5.82 Å². The van der Waals surface area contributed by atoms with Crippen molar-refractivity contribution in [1.82, 2.24) is 5.32 Å². The van der Waals surface area contributed by atoms with Crippen molar-refractivity contribution in [3.63, 3.8) is 0 Å². The number of ether oxygens (including phenoxy) is 2. The maximum Gasteiger partial charge on any atom is 0.163 e. The second-order valence-electron chi connectivity index (χ2n) is 6.83. The summed E-state index contributed by atoms with van der Waals surface area (Å²) in [6.45, 7) is 4.99. The fourth-order valence-corrected chi connectivity index (χ4v) is 3.47. The molecule has 1 atom stereocenters. The average molecular weight is 448 g/mol. The van der Waals surface area contributed by atoms with E-state index in [1.807, 2.05) is 31.2 Å². The quantitative estimate of drug-likeness (QED) is 0.384. The molecular formula is C24H24Cl2FNO2. The zero-order valence-electron chi connectivity index (χ0n) is 16.9. The molecule has 0 radical (unpaired) electrons. The highest BCUT2D eigenvalue weighted by molar-refractivity contribution is 6.31. The second-order valence-corrected chi connectivity index (χ2v) is 7.64. The lowest BCUT2D eigenvalue weighted by molar-refractivity contribution is 0.265. The SMILES string of the molecule is CCOc1cc(CNC(C)c2ccccc2)c(Cl)cc1OCc1c(F)cccc1Cl. The van der Waals surface area contributed by atoms with Gasteiger partial charge in [-0.2, -0.15) is 0 Å². The van der Waals surface area contributed by atoms with E-state index in [2.05, 4.69) is 24.4 Å². The van der Waals surface area contributed by atoms with Crippen LogP contribution in [0.1, 0.15) is 36.6 Å². The number of hydrogen-bond acceptors (Lipinski definition) is 3. The smallest absolute Gasteiger partial charge is 0.163 e. The Morgan fingerprint density at radius 3 is 2.37 bits per heavy atom. The van der Waals surface area contributed by atoms with Crippen LogP contribution in [0.5, 0.6) is 11.5 Å². The first-order chi connectivity index (χ1) is 14.5. The molecule has 0 aromatic heterocycles. The summed E-state index contributed by atoms with van der Waals surface area (Å²) >= 11 is 12.6. The van der Waals surface area contributed by atoms with Gasteiger partial charge in [0, 0.05) is 29.2 Å². The van der Waals surface area contributed by atoms with Gasteiger partial charge in [0.05, 0.1) is 11.6 Å². The molecule has 3 nitrogen and oxygen atoms in total. The Morgan fingerprint density at radius 1 is 0.933 bits per heavy atom. The van der Waals surface area contributed by atoms with Gasteiger partial charge < -0.3 is 14.8 Å². The molecule has 0 fully saturated rings. The molecule has 30 heavy (non-hydrogen) atoms. The summed E-state index contributed by atoms with van der Waals surface area (Å²) in [4.78, 5) is 0. The molecule has 0 aliphatic heterocycles. The molecule has 3 rings (SSSR count). The number of nitrogens with one attached hydrogen (secondary N) is 1. The lowest BCUT2D eigenvalue weighted by Crippen LogP contribution is -2.18. The van der Waals surface area contributed by atoms with Gasteiger partial charge in [0.25, 0.3) is 0 Å². The van der Waals surface area contributed by atoms with Crippen molar-refractivity contribution in [2.75, 3.05) is 6.61 Å². The van der Waals surface area contributed by atoms with Crippen LogP contribution in [0.25, 0.3) is 0 Å². The molecule has 3 aromatic rings. The van der Waals surface area contributed by atoms with Gasteiger partial charge in [-0.05, 0) is 43.2 Å². The predicted octanol–water partition coefficient (Wildman–Crippen LogP) is 6.96. The van der Waals surface area contributed by atoms with E-state index in [9.17, 15) is 4.39 Å². The Balaban J connectivity index is 1.75. The number of hydrogen-bond donors (Lipinski definition) is 1. The maximum atomic E-state index is 14.0. The first-order valence-electron chi connectivity index (χ1n) is 9.78. The van der Waals surface area contributed by atoms with E-state index in [1.54, 1.807) is 18.2 Å². The van der Waals surface area contributed by atoms with Crippen LogP contribution in [0.3, 0.4) is 0 Å². The Labute approximate surface area is 186 Å². The van der Waals surface area contributed by atoms with E-state index >= 15 is 0 Å². The van der Waals surface area contributed by atoms with E-state index in [4.69, 9.17) is 32.7 Å². The molecule has 0 spiro atoms. The lowest BCUT2D eigenvalue weighted by atomic mass is 10.1. The molecule has 6 heteroatoms. The minimum atomic E-state index is -0.415. The summed E-state index contributed by atoms with van der Waals surface area (Å²) in [7, 11) is 0. The number of halogens is 3. The van der Waals surface area contributed by atoms with Gasteiger partial charge in [-0.3, -0.25) is 0 Å². The summed E-state index contributed by atoms with van der Waals surface area (Å²) in [5.41, 5.74) is 2.37. The van der Waals surface area contributed by atoms with Gasteiger partial charge in [-0.25, -0.2) is 4.39 Å². The van der Waals surface area contributed by atoms with Crippen molar-refractivity contribution >= 4 is 23.2 Å². The van der Waals surface area contributed by atoms with Crippen LogP contribution in [0.2, 0.25) is 10.0 Å². The second kappa shape index (κ2) is 10.7. The number of rotatable bonds is 9. The van der Waals surface area contributed by atoms with Crippen LogP contribution < -0.4 is 14.8 Å². The molecular weight excluding hydrogens is 424 g/mol. The molecule has 3 aromatic carbocycles. The molecule has 0 saturated carbocycles. The Kier molecular flexibility index (Phi) is 7.97. The summed E-state index contributed by atoms with van der Waals surface area (Å²) < 4.78 is 25.6. The van der Waals surface area contributed by atoms with Crippen LogP contribution in [0.15, 0.2) is 60.7 Å². The zero-order chi connectivity index (χ0) is 21.5. The lowest BCUT2D eigenvalue weighted by Gasteiger charge is -2.18. The fraction of sp³-hybridized carbons (Fsp3) is 0.250. The van der Waals surface area contributed by atoms with Crippen molar-refractivity contribution in [3.05, 3.63) is 93.2 Å². The van der Waals surface area contributed by atoms with Gasteiger partial charge >= 0.3 is 0 Å². The molecule has 0 saturated heterocycles. The highest BCUT2D eigenvalue weighted by atomic mass is 35.5.